The number of likely N-dealkylation sites (N-methyl/N-ethyl adjacent to an activating group) is 1. The molecule has 0 unspecified atom stereocenters. The fourth-order valence-electron chi connectivity index (χ4n) is 1.54. The van der Waals surface area contributed by atoms with E-state index in [9.17, 15) is 8.42 Å². The third-order valence-corrected chi connectivity index (χ3v) is 4.27. The smallest absolute Gasteiger partial charge is 0.240 e. The van der Waals surface area contributed by atoms with Crippen molar-refractivity contribution < 1.29 is 13.2 Å². The highest BCUT2D eigenvalue weighted by Crippen LogP contribution is 2.12. The average Bonchev–Trinajstić information content (AvgIpc) is 2.45. The monoisotopic (exact) mass is 302 g/mol. The van der Waals surface area contributed by atoms with Crippen LogP contribution in [0.5, 0.6) is 0 Å². The molecule has 0 aliphatic heterocycles. The van der Waals surface area contributed by atoms with Crippen molar-refractivity contribution in [2.75, 3.05) is 45.8 Å². The molecular weight excluding hydrogens is 280 g/mol. The van der Waals surface area contributed by atoms with Gasteiger partial charge in [-0.3, -0.25) is 5.84 Å². The predicted octanol–water partition coefficient (Wildman–Crippen LogP) is -0.171. The van der Waals surface area contributed by atoms with Gasteiger partial charge in [0.2, 0.25) is 10.0 Å². The number of nitrogens with zero attached hydrogens (tertiary/aromatic N) is 1. The summed E-state index contributed by atoms with van der Waals surface area (Å²) < 4.78 is 31.6. The first-order valence-electron chi connectivity index (χ1n) is 6.23. The molecule has 0 saturated carbocycles. The summed E-state index contributed by atoms with van der Waals surface area (Å²) in [6.45, 7) is 2.34. The number of benzene rings is 1. The van der Waals surface area contributed by atoms with E-state index in [1.807, 2.05) is 11.9 Å². The van der Waals surface area contributed by atoms with Gasteiger partial charge in [0.15, 0.2) is 0 Å². The van der Waals surface area contributed by atoms with Crippen LogP contribution in [0, 0.1) is 0 Å². The maximum Gasteiger partial charge on any atom is 0.240 e. The van der Waals surface area contributed by atoms with Gasteiger partial charge in [0, 0.05) is 32.4 Å². The second kappa shape index (κ2) is 8.18. The Bertz CT molecular complexity index is 490. The zero-order chi connectivity index (χ0) is 15.0. The normalized spacial score (nSPS) is 11.8. The maximum atomic E-state index is 12.0. The lowest BCUT2D eigenvalue weighted by atomic mass is 10.3. The van der Waals surface area contributed by atoms with Crippen LogP contribution in [0.25, 0.3) is 0 Å². The van der Waals surface area contributed by atoms with Gasteiger partial charge >= 0.3 is 0 Å². The second-order valence-corrected chi connectivity index (χ2v) is 6.13. The number of nitrogen functional groups attached to an aromatic ring is 1. The van der Waals surface area contributed by atoms with Crippen molar-refractivity contribution in [3.63, 3.8) is 0 Å². The molecule has 0 atom stereocenters. The number of methoxy groups -OCH3 is 1. The first-order valence-corrected chi connectivity index (χ1v) is 7.71. The van der Waals surface area contributed by atoms with Crippen molar-refractivity contribution in [1.29, 1.82) is 0 Å². The number of hydrogen-bond acceptors (Lipinski definition) is 6. The van der Waals surface area contributed by atoms with E-state index in [1.165, 1.54) is 12.1 Å². The molecular formula is C12H22N4O3S. The molecule has 0 bridgehead atoms. The molecule has 0 saturated heterocycles. The molecule has 7 nitrogen and oxygen atoms in total. The lowest BCUT2D eigenvalue weighted by Gasteiger charge is -2.16. The van der Waals surface area contributed by atoms with E-state index < -0.39 is 10.0 Å². The molecule has 114 valence electrons. The number of hydrazine groups is 1. The van der Waals surface area contributed by atoms with Crippen LogP contribution in [0.3, 0.4) is 0 Å². The third-order valence-electron chi connectivity index (χ3n) is 2.79. The van der Waals surface area contributed by atoms with Crippen LogP contribution < -0.4 is 16.0 Å². The Morgan fingerprint density at radius 1 is 1.25 bits per heavy atom. The van der Waals surface area contributed by atoms with Crippen molar-refractivity contribution in [2.24, 2.45) is 5.84 Å². The lowest BCUT2D eigenvalue weighted by molar-refractivity contribution is 0.162. The van der Waals surface area contributed by atoms with E-state index in [0.717, 1.165) is 6.54 Å². The molecule has 0 amide bonds. The Morgan fingerprint density at radius 2 is 1.90 bits per heavy atom. The average molecular weight is 302 g/mol. The summed E-state index contributed by atoms with van der Waals surface area (Å²) in [5.41, 5.74) is 3.11. The summed E-state index contributed by atoms with van der Waals surface area (Å²) in [6.07, 6.45) is 0. The van der Waals surface area contributed by atoms with Gasteiger partial charge in [0.05, 0.1) is 11.5 Å². The molecule has 0 heterocycles. The number of nitrogens with two attached hydrogens (primary N) is 1. The number of hydrogen-bond donors (Lipinski definition) is 3. The van der Waals surface area contributed by atoms with Crippen LogP contribution in [-0.4, -0.2) is 53.7 Å². The fraction of sp³-hybridized carbons (Fsp3) is 0.500. The molecule has 1 aromatic carbocycles. The Labute approximate surface area is 120 Å². The van der Waals surface area contributed by atoms with Crippen LogP contribution in [0.15, 0.2) is 29.2 Å². The molecule has 0 aliphatic carbocycles. The SMILES string of the molecule is COCCN(C)CCNS(=O)(=O)c1ccc(NN)cc1. The zero-order valence-corrected chi connectivity index (χ0v) is 12.6. The third kappa shape index (κ3) is 5.43. The van der Waals surface area contributed by atoms with Crippen LogP contribution >= 0.6 is 0 Å². The largest absolute Gasteiger partial charge is 0.383 e. The van der Waals surface area contributed by atoms with Crippen molar-refractivity contribution in [3.8, 4) is 0 Å². The number of nitrogens with one attached hydrogen (secondary N) is 2. The molecule has 20 heavy (non-hydrogen) atoms. The molecule has 4 N–H and O–H groups in total. The van der Waals surface area contributed by atoms with Gasteiger partial charge in [-0.2, -0.15) is 0 Å². The highest BCUT2D eigenvalue weighted by atomic mass is 32.2. The maximum absolute atomic E-state index is 12.0. The first kappa shape index (κ1) is 16.9. The first-order chi connectivity index (χ1) is 9.49. The van der Waals surface area contributed by atoms with E-state index in [-0.39, 0.29) is 4.90 Å². The summed E-state index contributed by atoms with van der Waals surface area (Å²) in [5, 5.41) is 0. The standard InChI is InChI=1S/C12H22N4O3S/c1-16(9-10-19-2)8-7-14-20(17,18)12-5-3-11(15-13)4-6-12/h3-6,14-15H,7-10,13H2,1-2H3. The van der Waals surface area contributed by atoms with E-state index >= 15 is 0 Å². The minimum Gasteiger partial charge on any atom is -0.383 e. The van der Waals surface area contributed by atoms with E-state index in [2.05, 4.69) is 10.1 Å². The van der Waals surface area contributed by atoms with Crippen LogP contribution in [0.1, 0.15) is 0 Å². The minimum absolute atomic E-state index is 0.219. The van der Waals surface area contributed by atoms with Gasteiger partial charge in [-0.25, -0.2) is 13.1 Å². The van der Waals surface area contributed by atoms with E-state index in [1.54, 1.807) is 19.2 Å². The Kier molecular flexibility index (Phi) is 6.89. The summed E-state index contributed by atoms with van der Waals surface area (Å²) >= 11 is 0. The summed E-state index contributed by atoms with van der Waals surface area (Å²) in [5.74, 6) is 5.23. The lowest BCUT2D eigenvalue weighted by Crippen LogP contribution is -2.34. The van der Waals surface area contributed by atoms with Crippen LogP contribution in [-0.2, 0) is 14.8 Å². The molecule has 8 heteroatoms. The van der Waals surface area contributed by atoms with Gasteiger partial charge in [0.1, 0.15) is 0 Å². The summed E-state index contributed by atoms with van der Waals surface area (Å²) in [6, 6.07) is 6.23. The highest BCUT2D eigenvalue weighted by Gasteiger charge is 2.13. The van der Waals surface area contributed by atoms with E-state index in [4.69, 9.17) is 10.6 Å². The molecule has 0 spiro atoms. The number of ether oxygens (including phenoxy) is 1. The summed E-state index contributed by atoms with van der Waals surface area (Å²) in [7, 11) is 0.0691. The van der Waals surface area contributed by atoms with Crippen LogP contribution in [0.4, 0.5) is 5.69 Å². The molecule has 1 aromatic rings. The molecule has 0 aliphatic rings. The Hall–Kier alpha value is -1.19. The fourth-order valence-corrected chi connectivity index (χ4v) is 2.56. The topological polar surface area (TPSA) is 96.7 Å². The van der Waals surface area contributed by atoms with Crippen LogP contribution in [0.2, 0.25) is 0 Å². The Balaban J connectivity index is 2.48. The summed E-state index contributed by atoms with van der Waals surface area (Å²) in [4.78, 5) is 2.21. The highest BCUT2D eigenvalue weighted by molar-refractivity contribution is 7.89. The molecule has 1 rings (SSSR count). The van der Waals surface area contributed by atoms with Crippen molar-refractivity contribution in [2.45, 2.75) is 4.90 Å². The van der Waals surface area contributed by atoms with Crippen molar-refractivity contribution in [1.82, 2.24) is 9.62 Å². The van der Waals surface area contributed by atoms with Crippen molar-refractivity contribution >= 4 is 15.7 Å². The molecule has 0 radical (unpaired) electrons. The minimum atomic E-state index is -3.48. The van der Waals surface area contributed by atoms with Gasteiger partial charge < -0.3 is 15.1 Å². The molecule has 0 aromatic heterocycles. The number of rotatable bonds is 9. The Morgan fingerprint density at radius 3 is 2.45 bits per heavy atom. The van der Waals surface area contributed by atoms with Crippen molar-refractivity contribution in [3.05, 3.63) is 24.3 Å². The quantitative estimate of drug-likeness (QED) is 0.433. The second-order valence-electron chi connectivity index (χ2n) is 4.36. The van der Waals surface area contributed by atoms with Gasteiger partial charge in [0.25, 0.3) is 0 Å². The zero-order valence-electron chi connectivity index (χ0n) is 11.8. The van der Waals surface area contributed by atoms with Gasteiger partial charge in [-0.1, -0.05) is 0 Å². The van der Waals surface area contributed by atoms with E-state index in [0.29, 0.717) is 25.4 Å². The predicted molar refractivity (Wildman–Crippen MR) is 78.8 cm³/mol. The number of anilines is 1. The molecule has 0 fully saturated rings. The van der Waals surface area contributed by atoms with Gasteiger partial charge in [-0.05, 0) is 31.3 Å². The number of sulfonamides is 1. The van der Waals surface area contributed by atoms with Gasteiger partial charge in [-0.15, -0.1) is 0 Å².